The van der Waals surface area contributed by atoms with Crippen LogP contribution in [-0.2, 0) is 16.6 Å². The van der Waals surface area contributed by atoms with Gasteiger partial charge in [-0.05, 0) is 23.8 Å². The number of carbonyl (C=O) groups excluding carboxylic acids is 1. The van der Waals surface area contributed by atoms with Gasteiger partial charge in [-0.2, -0.15) is 9.40 Å². The van der Waals surface area contributed by atoms with Crippen LogP contribution in [0.2, 0.25) is 0 Å². The van der Waals surface area contributed by atoms with E-state index in [9.17, 15) is 22.0 Å². The minimum absolute atomic E-state index is 0.0607. The molecule has 1 aliphatic rings. The third-order valence-electron chi connectivity index (χ3n) is 5.12. The Morgan fingerprint density at radius 1 is 0.968 bits per heavy atom. The molecule has 1 aliphatic heterocycles. The number of nitrogens with zero attached hydrogens (tertiary/aromatic N) is 4. The first-order valence-electron chi connectivity index (χ1n) is 9.65. The molecule has 3 aromatic rings. The van der Waals surface area contributed by atoms with Crippen LogP contribution in [0.5, 0.6) is 0 Å². The average molecular weight is 446 g/mol. The van der Waals surface area contributed by atoms with Crippen molar-refractivity contribution in [3.05, 3.63) is 83.7 Å². The minimum Gasteiger partial charge on any atom is -0.336 e. The summed E-state index contributed by atoms with van der Waals surface area (Å²) in [6, 6.07) is 12.2. The van der Waals surface area contributed by atoms with Crippen LogP contribution in [0, 0.1) is 11.6 Å². The molecule has 2 aromatic carbocycles. The summed E-state index contributed by atoms with van der Waals surface area (Å²) in [5.41, 5.74) is 1.48. The molecule has 1 aromatic heterocycles. The van der Waals surface area contributed by atoms with E-state index < -0.39 is 21.7 Å². The first-order valence-corrected chi connectivity index (χ1v) is 11.1. The Labute approximate surface area is 178 Å². The van der Waals surface area contributed by atoms with E-state index in [-0.39, 0.29) is 37.0 Å². The number of piperazine rings is 1. The molecule has 7 nitrogen and oxygen atoms in total. The van der Waals surface area contributed by atoms with Gasteiger partial charge in [0.25, 0.3) is 5.91 Å². The van der Waals surface area contributed by atoms with E-state index in [0.29, 0.717) is 18.2 Å². The van der Waals surface area contributed by atoms with Crippen molar-refractivity contribution in [1.82, 2.24) is 19.0 Å². The second kappa shape index (κ2) is 8.56. The highest BCUT2D eigenvalue weighted by Gasteiger charge is 2.31. The molecule has 1 saturated heterocycles. The molecule has 31 heavy (non-hydrogen) atoms. The molecule has 2 heterocycles. The Kier molecular flexibility index (Phi) is 5.84. The smallest absolute Gasteiger partial charge is 0.257 e. The van der Waals surface area contributed by atoms with Crippen LogP contribution in [0.15, 0.2) is 65.8 Å². The van der Waals surface area contributed by atoms with Crippen molar-refractivity contribution in [2.24, 2.45) is 0 Å². The van der Waals surface area contributed by atoms with Crippen LogP contribution >= 0.6 is 0 Å². The number of sulfonamides is 1. The quantitative estimate of drug-likeness (QED) is 0.603. The highest BCUT2D eigenvalue weighted by atomic mass is 32.2. The third kappa shape index (κ3) is 4.49. The summed E-state index contributed by atoms with van der Waals surface area (Å²) >= 11 is 0. The van der Waals surface area contributed by atoms with Crippen LogP contribution in [0.1, 0.15) is 15.9 Å². The van der Waals surface area contributed by atoms with Crippen molar-refractivity contribution < 1.29 is 22.0 Å². The molecule has 0 atom stereocenters. The Bertz CT molecular complexity index is 1190. The van der Waals surface area contributed by atoms with Crippen LogP contribution in [0.25, 0.3) is 0 Å². The van der Waals surface area contributed by atoms with Gasteiger partial charge in [0.2, 0.25) is 10.0 Å². The molecule has 0 unspecified atom stereocenters. The molecule has 0 N–H and O–H groups in total. The lowest BCUT2D eigenvalue weighted by molar-refractivity contribution is 0.0698. The lowest BCUT2D eigenvalue weighted by Crippen LogP contribution is -2.50. The van der Waals surface area contributed by atoms with E-state index in [4.69, 9.17) is 0 Å². The topological polar surface area (TPSA) is 75.5 Å². The third-order valence-corrected chi connectivity index (χ3v) is 7.02. The highest BCUT2D eigenvalue weighted by molar-refractivity contribution is 7.89. The lowest BCUT2D eigenvalue weighted by Gasteiger charge is -2.33. The zero-order valence-corrected chi connectivity index (χ0v) is 17.3. The van der Waals surface area contributed by atoms with Crippen molar-refractivity contribution in [2.45, 2.75) is 11.4 Å². The Morgan fingerprint density at radius 2 is 1.68 bits per heavy atom. The van der Waals surface area contributed by atoms with Gasteiger partial charge in [-0.15, -0.1) is 0 Å². The average Bonchev–Trinajstić information content (AvgIpc) is 3.24. The molecule has 0 saturated carbocycles. The van der Waals surface area contributed by atoms with Gasteiger partial charge >= 0.3 is 0 Å². The first-order chi connectivity index (χ1) is 14.8. The van der Waals surface area contributed by atoms with E-state index in [2.05, 4.69) is 5.10 Å². The predicted octanol–water partition coefficient (Wildman–Crippen LogP) is 2.36. The fourth-order valence-corrected chi connectivity index (χ4v) is 4.87. The molecule has 1 amide bonds. The Balaban J connectivity index is 1.39. The van der Waals surface area contributed by atoms with Gasteiger partial charge in [-0.25, -0.2) is 17.2 Å². The lowest BCUT2D eigenvalue weighted by atomic mass is 10.2. The number of rotatable bonds is 5. The van der Waals surface area contributed by atoms with Gasteiger partial charge in [-0.1, -0.05) is 30.3 Å². The maximum Gasteiger partial charge on any atom is 0.257 e. The van der Waals surface area contributed by atoms with Crippen molar-refractivity contribution in [3.63, 3.8) is 0 Å². The number of hydrogen-bond donors (Lipinski definition) is 0. The molecule has 1 fully saturated rings. The van der Waals surface area contributed by atoms with Crippen molar-refractivity contribution in [3.8, 4) is 0 Å². The summed E-state index contributed by atoms with van der Waals surface area (Å²) in [7, 11) is -3.97. The summed E-state index contributed by atoms with van der Waals surface area (Å²) in [4.78, 5) is 14.0. The Morgan fingerprint density at radius 3 is 2.35 bits per heavy atom. The number of carbonyl (C=O) groups is 1. The largest absolute Gasteiger partial charge is 0.336 e. The minimum atomic E-state index is -3.97. The molecular formula is C21H20F2N4O3S. The highest BCUT2D eigenvalue weighted by Crippen LogP contribution is 2.20. The molecule has 162 valence electrons. The molecule has 0 radical (unpaired) electrons. The molecule has 0 aliphatic carbocycles. The maximum atomic E-state index is 13.5. The predicted molar refractivity (Wildman–Crippen MR) is 109 cm³/mol. The standard InChI is InChI=1S/C21H20F2N4O3S/c22-19-7-6-18(12-20(19)23)31(29,30)27-10-8-25(9-11-27)21(28)17-13-24-26(15-17)14-16-4-2-1-3-5-16/h1-7,12-13,15H,8-11,14H2. The van der Waals surface area contributed by atoms with Crippen molar-refractivity contribution in [1.29, 1.82) is 0 Å². The van der Waals surface area contributed by atoms with Gasteiger partial charge in [0.15, 0.2) is 11.6 Å². The van der Waals surface area contributed by atoms with Gasteiger partial charge in [-0.3, -0.25) is 9.48 Å². The monoisotopic (exact) mass is 446 g/mol. The second-order valence-electron chi connectivity index (χ2n) is 7.18. The molecular weight excluding hydrogens is 426 g/mol. The maximum absolute atomic E-state index is 13.5. The van der Waals surface area contributed by atoms with E-state index in [0.717, 1.165) is 17.7 Å². The second-order valence-corrected chi connectivity index (χ2v) is 9.12. The number of amides is 1. The van der Waals surface area contributed by atoms with Crippen LogP contribution in [-0.4, -0.2) is 59.5 Å². The number of hydrogen-bond acceptors (Lipinski definition) is 4. The molecule has 0 spiro atoms. The van der Waals surface area contributed by atoms with Gasteiger partial charge in [0.05, 0.1) is 23.2 Å². The van der Waals surface area contributed by atoms with E-state index >= 15 is 0 Å². The van der Waals surface area contributed by atoms with Crippen LogP contribution in [0.3, 0.4) is 0 Å². The summed E-state index contributed by atoms with van der Waals surface area (Å²) in [6.07, 6.45) is 3.16. The normalized spacial score (nSPS) is 15.2. The van der Waals surface area contributed by atoms with Crippen LogP contribution in [0.4, 0.5) is 8.78 Å². The summed E-state index contributed by atoms with van der Waals surface area (Å²) in [5, 5.41) is 4.23. The van der Waals surface area contributed by atoms with Crippen molar-refractivity contribution >= 4 is 15.9 Å². The van der Waals surface area contributed by atoms with Crippen molar-refractivity contribution in [2.75, 3.05) is 26.2 Å². The van der Waals surface area contributed by atoms with E-state index in [1.165, 1.54) is 10.5 Å². The summed E-state index contributed by atoms with van der Waals surface area (Å²) < 4.78 is 54.8. The first kappa shape index (κ1) is 21.1. The zero-order valence-electron chi connectivity index (χ0n) is 16.5. The number of halogens is 2. The van der Waals surface area contributed by atoms with Crippen LogP contribution < -0.4 is 0 Å². The van der Waals surface area contributed by atoms with Gasteiger partial charge in [0.1, 0.15) is 0 Å². The molecule has 10 heteroatoms. The zero-order chi connectivity index (χ0) is 22.0. The van der Waals surface area contributed by atoms with Gasteiger partial charge < -0.3 is 4.90 Å². The number of benzene rings is 2. The van der Waals surface area contributed by atoms with E-state index in [1.807, 2.05) is 30.3 Å². The summed E-state index contributed by atoms with van der Waals surface area (Å²) in [5.74, 6) is -2.56. The fraction of sp³-hybridized carbons (Fsp3) is 0.238. The fourth-order valence-electron chi connectivity index (χ4n) is 3.43. The number of aromatic nitrogens is 2. The SMILES string of the molecule is O=C(c1cnn(Cc2ccccc2)c1)N1CCN(S(=O)(=O)c2ccc(F)c(F)c2)CC1. The molecule has 0 bridgehead atoms. The Hall–Kier alpha value is -3.11. The molecule has 4 rings (SSSR count). The van der Waals surface area contributed by atoms with Gasteiger partial charge in [0, 0.05) is 32.4 Å². The van der Waals surface area contributed by atoms with E-state index in [1.54, 1.807) is 15.8 Å². The summed E-state index contributed by atoms with van der Waals surface area (Å²) in [6.45, 7) is 1.03.